The molecule has 152 valence electrons. The maximum Gasteiger partial charge on any atom is 0.418 e. The van der Waals surface area contributed by atoms with E-state index < -0.39 is 34.3 Å². The molecular formula is C19H23F3N4O2. The number of aromatic nitrogens is 2. The predicted molar refractivity (Wildman–Crippen MR) is 99.3 cm³/mol. The number of rotatable bonds is 5. The minimum Gasteiger partial charge on any atom is -0.344 e. The number of aryl methyl sites for hydroxylation is 1. The number of carbonyl (C=O) groups is 1. The third-order valence-corrected chi connectivity index (χ3v) is 4.86. The van der Waals surface area contributed by atoms with Gasteiger partial charge in [0.2, 0.25) is 5.43 Å². The van der Waals surface area contributed by atoms with Crippen molar-refractivity contribution in [2.24, 2.45) is 11.7 Å². The first kappa shape index (κ1) is 21.6. The summed E-state index contributed by atoms with van der Waals surface area (Å²) < 4.78 is 41.0. The van der Waals surface area contributed by atoms with Crippen molar-refractivity contribution >= 4 is 5.91 Å². The Morgan fingerprint density at radius 3 is 2.43 bits per heavy atom. The zero-order valence-corrected chi connectivity index (χ0v) is 16.1. The quantitative estimate of drug-likeness (QED) is 0.813. The molecule has 1 atom stereocenters. The third-order valence-electron chi connectivity index (χ3n) is 4.86. The van der Waals surface area contributed by atoms with Gasteiger partial charge >= 0.3 is 6.18 Å². The third kappa shape index (κ3) is 4.24. The molecule has 1 aromatic heterocycles. The van der Waals surface area contributed by atoms with E-state index in [1.165, 1.54) is 25.1 Å². The van der Waals surface area contributed by atoms with Crippen LogP contribution in [0.5, 0.6) is 0 Å². The van der Waals surface area contributed by atoms with Gasteiger partial charge in [0, 0.05) is 18.3 Å². The zero-order valence-electron chi connectivity index (χ0n) is 16.1. The standard InChI is InChI=1S/C19H23F3N4O2/c1-11(2)18(4,10-23)24-17(28)16-15(27)9-12(3)26(25-16)14-8-6-5-7-13(14)19(20,21)22/h5-9,11H,10,23H2,1-4H3,(H,24,28). The van der Waals surface area contributed by atoms with Crippen molar-refractivity contribution < 1.29 is 18.0 Å². The highest BCUT2D eigenvalue weighted by molar-refractivity contribution is 5.92. The normalized spacial score (nSPS) is 14.0. The lowest BCUT2D eigenvalue weighted by Crippen LogP contribution is -2.55. The Kier molecular flexibility index (Phi) is 5.98. The summed E-state index contributed by atoms with van der Waals surface area (Å²) in [6.45, 7) is 7.00. The van der Waals surface area contributed by atoms with E-state index in [0.29, 0.717) is 0 Å². The van der Waals surface area contributed by atoms with Crippen LogP contribution in [0.25, 0.3) is 5.69 Å². The van der Waals surface area contributed by atoms with Crippen molar-refractivity contribution in [1.82, 2.24) is 15.1 Å². The van der Waals surface area contributed by atoms with Crippen LogP contribution in [0.15, 0.2) is 35.1 Å². The largest absolute Gasteiger partial charge is 0.418 e. The van der Waals surface area contributed by atoms with Crippen LogP contribution in [-0.4, -0.2) is 27.8 Å². The van der Waals surface area contributed by atoms with Crippen molar-refractivity contribution in [3.05, 3.63) is 57.5 Å². The fourth-order valence-electron chi connectivity index (χ4n) is 2.60. The van der Waals surface area contributed by atoms with Crippen LogP contribution in [0.4, 0.5) is 13.2 Å². The minimum atomic E-state index is -4.62. The second-order valence-corrected chi connectivity index (χ2v) is 7.16. The van der Waals surface area contributed by atoms with E-state index in [2.05, 4.69) is 10.4 Å². The Balaban J connectivity index is 2.59. The highest BCUT2D eigenvalue weighted by atomic mass is 19.4. The molecule has 0 saturated heterocycles. The number of hydrogen-bond acceptors (Lipinski definition) is 4. The van der Waals surface area contributed by atoms with Crippen molar-refractivity contribution in [2.45, 2.75) is 39.4 Å². The van der Waals surface area contributed by atoms with Crippen LogP contribution in [0.3, 0.4) is 0 Å². The number of nitrogens with zero attached hydrogens (tertiary/aromatic N) is 2. The molecule has 0 radical (unpaired) electrons. The molecule has 28 heavy (non-hydrogen) atoms. The van der Waals surface area contributed by atoms with Gasteiger partial charge in [-0.25, -0.2) is 4.68 Å². The first-order valence-electron chi connectivity index (χ1n) is 8.71. The lowest BCUT2D eigenvalue weighted by molar-refractivity contribution is -0.137. The summed E-state index contributed by atoms with van der Waals surface area (Å²) in [5.41, 5.74) is 2.74. The topological polar surface area (TPSA) is 90.0 Å². The molecule has 2 aromatic rings. The van der Waals surface area contributed by atoms with E-state index in [9.17, 15) is 22.8 Å². The van der Waals surface area contributed by atoms with Gasteiger partial charge in [-0.15, -0.1) is 0 Å². The van der Waals surface area contributed by atoms with E-state index in [0.717, 1.165) is 16.8 Å². The summed E-state index contributed by atoms with van der Waals surface area (Å²) >= 11 is 0. The smallest absolute Gasteiger partial charge is 0.344 e. The van der Waals surface area contributed by atoms with Crippen LogP contribution < -0.4 is 16.5 Å². The van der Waals surface area contributed by atoms with Crippen LogP contribution in [0.1, 0.15) is 42.5 Å². The molecule has 0 bridgehead atoms. The Hall–Kier alpha value is -2.68. The number of para-hydroxylation sites is 1. The van der Waals surface area contributed by atoms with Gasteiger partial charge in [-0.1, -0.05) is 26.0 Å². The Labute approximate surface area is 160 Å². The van der Waals surface area contributed by atoms with Crippen LogP contribution in [0.2, 0.25) is 0 Å². The molecule has 1 amide bonds. The first-order valence-corrected chi connectivity index (χ1v) is 8.71. The molecule has 1 heterocycles. The average molecular weight is 396 g/mol. The highest BCUT2D eigenvalue weighted by Crippen LogP contribution is 2.33. The fourth-order valence-corrected chi connectivity index (χ4v) is 2.60. The number of benzene rings is 1. The maximum atomic E-state index is 13.4. The molecule has 0 aliphatic heterocycles. The van der Waals surface area contributed by atoms with Crippen LogP contribution in [-0.2, 0) is 6.18 Å². The molecule has 3 N–H and O–H groups in total. The second-order valence-electron chi connectivity index (χ2n) is 7.16. The number of halogens is 3. The average Bonchev–Trinajstić information content (AvgIpc) is 2.60. The summed E-state index contributed by atoms with van der Waals surface area (Å²) in [6, 6.07) is 5.91. The van der Waals surface area contributed by atoms with Gasteiger partial charge in [-0.2, -0.15) is 18.3 Å². The summed E-state index contributed by atoms with van der Waals surface area (Å²) in [5, 5.41) is 6.63. The summed E-state index contributed by atoms with van der Waals surface area (Å²) in [4.78, 5) is 25.0. The lowest BCUT2D eigenvalue weighted by atomic mass is 9.88. The van der Waals surface area contributed by atoms with Gasteiger partial charge in [-0.3, -0.25) is 9.59 Å². The van der Waals surface area contributed by atoms with E-state index in [1.807, 2.05) is 13.8 Å². The van der Waals surface area contributed by atoms with Crippen molar-refractivity contribution in [1.29, 1.82) is 0 Å². The molecule has 2 rings (SSSR count). The maximum absolute atomic E-state index is 13.4. The number of alkyl halides is 3. The molecule has 0 spiro atoms. The molecule has 0 fully saturated rings. The summed E-state index contributed by atoms with van der Waals surface area (Å²) in [6.07, 6.45) is -4.62. The van der Waals surface area contributed by atoms with Crippen LogP contribution >= 0.6 is 0 Å². The number of nitrogens with one attached hydrogen (secondary N) is 1. The number of nitrogens with two attached hydrogens (primary N) is 1. The van der Waals surface area contributed by atoms with Gasteiger partial charge in [0.15, 0.2) is 5.69 Å². The summed E-state index contributed by atoms with van der Waals surface area (Å²) in [5.74, 6) is -0.829. The van der Waals surface area contributed by atoms with Crippen molar-refractivity contribution in [3.63, 3.8) is 0 Å². The zero-order chi connectivity index (χ0) is 21.3. The number of hydrogen-bond donors (Lipinski definition) is 2. The van der Waals surface area contributed by atoms with Gasteiger partial charge < -0.3 is 11.1 Å². The lowest BCUT2D eigenvalue weighted by Gasteiger charge is -2.33. The Morgan fingerprint density at radius 1 is 1.29 bits per heavy atom. The van der Waals surface area contributed by atoms with E-state index >= 15 is 0 Å². The molecule has 0 aliphatic rings. The molecule has 9 heteroatoms. The van der Waals surface area contributed by atoms with Gasteiger partial charge in [-0.05, 0) is 31.9 Å². The predicted octanol–water partition coefficient (Wildman–Crippen LogP) is 2.66. The number of carbonyl (C=O) groups excluding carboxylic acids is 1. The Bertz CT molecular complexity index is 938. The van der Waals surface area contributed by atoms with E-state index in [4.69, 9.17) is 5.73 Å². The minimum absolute atomic E-state index is 0.0416. The fraction of sp³-hybridized carbons (Fsp3) is 0.421. The number of amides is 1. The van der Waals surface area contributed by atoms with Gasteiger partial charge in [0.05, 0.1) is 16.8 Å². The van der Waals surface area contributed by atoms with Crippen molar-refractivity contribution in [3.8, 4) is 5.69 Å². The van der Waals surface area contributed by atoms with Gasteiger partial charge in [0.1, 0.15) is 0 Å². The SMILES string of the molecule is Cc1cc(=O)c(C(=O)NC(C)(CN)C(C)C)nn1-c1ccccc1C(F)(F)F. The van der Waals surface area contributed by atoms with E-state index in [1.54, 1.807) is 6.92 Å². The van der Waals surface area contributed by atoms with E-state index in [-0.39, 0.29) is 23.8 Å². The van der Waals surface area contributed by atoms with Crippen LogP contribution in [0, 0.1) is 12.8 Å². The second kappa shape index (κ2) is 7.75. The Morgan fingerprint density at radius 2 is 1.89 bits per heavy atom. The van der Waals surface area contributed by atoms with Gasteiger partial charge in [0.25, 0.3) is 5.91 Å². The first-order chi connectivity index (χ1) is 12.9. The molecule has 0 saturated carbocycles. The molecular weight excluding hydrogens is 373 g/mol. The monoisotopic (exact) mass is 396 g/mol. The van der Waals surface area contributed by atoms with Crippen molar-refractivity contribution in [2.75, 3.05) is 6.54 Å². The highest BCUT2D eigenvalue weighted by Gasteiger charge is 2.35. The molecule has 1 unspecified atom stereocenters. The molecule has 6 nitrogen and oxygen atoms in total. The molecule has 1 aromatic carbocycles. The molecule has 0 aliphatic carbocycles. The summed E-state index contributed by atoms with van der Waals surface area (Å²) in [7, 11) is 0.